The molecule has 1 aliphatic carbocycles. The normalized spacial score (nSPS) is 19.6. The summed E-state index contributed by atoms with van der Waals surface area (Å²) in [5.41, 5.74) is 4.64. The lowest BCUT2D eigenvalue weighted by Gasteiger charge is -2.04. The molecule has 5 heteroatoms. The Morgan fingerprint density at radius 1 is 1.30 bits per heavy atom. The van der Waals surface area contributed by atoms with Gasteiger partial charge in [0.15, 0.2) is 0 Å². The lowest BCUT2D eigenvalue weighted by molar-refractivity contribution is -0.122. The number of carbonyl (C=O) groups is 1. The molecular weight excluding hydrogens is 356 g/mol. The van der Waals surface area contributed by atoms with Crippen molar-refractivity contribution in [2.75, 3.05) is 7.11 Å². The number of carbonyl (C=O) groups excluding carboxylic acids is 1. The van der Waals surface area contributed by atoms with E-state index in [0.717, 1.165) is 16.5 Å². The zero-order valence-electron chi connectivity index (χ0n) is 12.7. The molecule has 0 bridgehead atoms. The highest BCUT2D eigenvalue weighted by Gasteiger charge is 2.43. The van der Waals surface area contributed by atoms with E-state index in [2.05, 4.69) is 38.6 Å². The van der Waals surface area contributed by atoms with E-state index in [1.54, 1.807) is 13.3 Å². The van der Waals surface area contributed by atoms with Crippen molar-refractivity contribution in [2.24, 2.45) is 11.0 Å². The minimum Gasteiger partial charge on any atom is -0.496 e. The molecule has 118 valence electrons. The zero-order valence-corrected chi connectivity index (χ0v) is 14.3. The maximum absolute atomic E-state index is 12.1. The average molecular weight is 373 g/mol. The van der Waals surface area contributed by atoms with Crippen molar-refractivity contribution in [3.8, 4) is 5.75 Å². The number of nitrogens with one attached hydrogen (secondary N) is 1. The van der Waals surface area contributed by atoms with E-state index in [9.17, 15) is 4.79 Å². The van der Waals surface area contributed by atoms with Crippen molar-refractivity contribution in [2.45, 2.75) is 12.3 Å². The number of methoxy groups -OCH3 is 1. The minimum atomic E-state index is -0.0379. The van der Waals surface area contributed by atoms with Gasteiger partial charge in [-0.2, -0.15) is 5.10 Å². The Hall–Kier alpha value is -2.14. The summed E-state index contributed by atoms with van der Waals surface area (Å²) in [4.78, 5) is 12.1. The van der Waals surface area contributed by atoms with Crippen molar-refractivity contribution < 1.29 is 9.53 Å². The van der Waals surface area contributed by atoms with Crippen molar-refractivity contribution >= 4 is 28.1 Å². The zero-order chi connectivity index (χ0) is 16.2. The molecule has 0 heterocycles. The molecule has 1 fully saturated rings. The fourth-order valence-electron chi connectivity index (χ4n) is 2.61. The molecule has 2 atom stereocenters. The van der Waals surface area contributed by atoms with Crippen LogP contribution in [0.4, 0.5) is 0 Å². The van der Waals surface area contributed by atoms with E-state index in [4.69, 9.17) is 4.74 Å². The smallest absolute Gasteiger partial charge is 0.243 e. The summed E-state index contributed by atoms with van der Waals surface area (Å²) in [6.07, 6.45) is 2.48. The summed E-state index contributed by atoms with van der Waals surface area (Å²) in [7, 11) is 1.60. The molecule has 1 amide bonds. The third-order valence-corrected chi connectivity index (χ3v) is 4.42. The summed E-state index contributed by atoms with van der Waals surface area (Å²) in [6.45, 7) is 0. The van der Waals surface area contributed by atoms with Crippen LogP contribution in [0.5, 0.6) is 5.75 Å². The standard InChI is InChI=1S/C18H17BrN2O2/c1-23-17-8-7-14(19)9-13(17)11-20-21-18(22)16-10-15(16)12-5-3-2-4-6-12/h2-9,11,15-16H,10H2,1H3,(H,21,22). The number of nitrogens with zero attached hydrogens (tertiary/aromatic N) is 1. The SMILES string of the molecule is COc1ccc(Br)cc1C=NNC(=O)C1CC1c1ccccc1. The molecule has 0 spiro atoms. The monoisotopic (exact) mass is 372 g/mol. The van der Waals surface area contributed by atoms with E-state index >= 15 is 0 Å². The highest BCUT2D eigenvalue weighted by atomic mass is 79.9. The molecule has 2 unspecified atom stereocenters. The molecule has 1 saturated carbocycles. The maximum atomic E-state index is 12.1. The first-order valence-electron chi connectivity index (χ1n) is 7.40. The van der Waals surface area contributed by atoms with Gasteiger partial charge >= 0.3 is 0 Å². The lowest BCUT2D eigenvalue weighted by atomic mass is 10.1. The van der Waals surface area contributed by atoms with E-state index in [1.807, 2.05) is 36.4 Å². The number of benzene rings is 2. The predicted octanol–water partition coefficient (Wildman–Crippen LogP) is 3.71. The van der Waals surface area contributed by atoms with Gasteiger partial charge in [-0.05, 0) is 36.1 Å². The second kappa shape index (κ2) is 6.96. The molecule has 1 N–H and O–H groups in total. The van der Waals surface area contributed by atoms with E-state index in [1.165, 1.54) is 5.56 Å². The largest absolute Gasteiger partial charge is 0.496 e. The summed E-state index contributed by atoms with van der Waals surface area (Å²) < 4.78 is 6.20. The summed E-state index contributed by atoms with van der Waals surface area (Å²) in [5, 5.41) is 4.06. The number of amides is 1. The summed E-state index contributed by atoms with van der Waals surface area (Å²) >= 11 is 3.41. The van der Waals surface area contributed by atoms with Crippen LogP contribution in [0.1, 0.15) is 23.5 Å². The van der Waals surface area contributed by atoms with Gasteiger partial charge in [0, 0.05) is 16.0 Å². The van der Waals surface area contributed by atoms with E-state index in [-0.39, 0.29) is 11.8 Å². The second-order valence-electron chi connectivity index (χ2n) is 5.48. The van der Waals surface area contributed by atoms with Crippen molar-refractivity contribution in [3.63, 3.8) is 0 Å². The number of rotatable bonds is 5. The van der Waals surface area contributed by atoms with Crippen LogP contribution in [0.15, 0.2) is 58.1 Å². The Bertz CT molecular complexity index is 731. The number of hydrogen-bond acceptors (Lipinski definition) is 3. The van der Waals surface area contributed by atoms with Crippen molar-refractivity contribution in [3.05, 3.63) is 64.1 Å². The molecule has 1 aliphatic rings. The van der Waals surface area contributed by atoms with Gasteiger partial charge in [-0.1, -0.05) is 46.3 Å². The third kappa shape index (κ3) is 3.79. The van der Waals surface area contributed by atoms with Crippen LogP contribution in [-0.2, 0) is 4.79 Å². The molecule has 2 aromatic carbocycles. The first-order chi connectivity index (χ1) is 11.2. The average Bonchev–Trinajstić information content (AvgIpc) is 3.36. The van der Waals surface area contributed by atoms with Crippen LogP contribution >= 0.6 is 15.9 Å². The van der Waals surface area contributed by atoms with Gasteiger partial charge in [0.05, 0.1) is 13.3 Å². The van der Waals surface area contributed by atoms with Crippen LogP contribution < -0.4 is 10.2 Å². The molecule has 23 heavy (non-hydrogen) atoms. The number of hydrogen-bond donors (Lipinski definition) is 1. The van der Waals surface area contributed by atoms with Gasteiger partial charge in [-0.15, -0.1) is 0 Å². The van der Waals surface area contributed by atoms with Gasteiger partial charge in [0.2, 0.25) is 5.91 Å². The molecule has 2 aromatic rings. The summed E-state index contributed by atoms with van der Waals surface area (Å²) in [6, 6.07) is 15.7. The van der Waals surface area contributed by atoms with E-state index in [0.29, 0.717) is 11.7 Å². The van der Waals surface area contributed by atoms with Gasteiger partial charge < -0.3 is 4.74 Å². The fourth-order valence-corrected chi connectivity index (χ4v) is 2.99. The fraction of sp³-hybridized carbons (Fsp3) is 0.222. The Balaban J connectivity index is 1.59. The first kappa shape index (κ1) is 15.7. The molecule has 0 aromatic heterocycles. The Morgan fingerprint density at radius 3 is 2.83 bits per heavy atom. The Labute approximate surface area is 143 Å². The van der Waals surface area contributed by atoms with Gasteiger partial charge in [0.25, 0.3) is 0 Å². The van der Waals surface area contributed by atoms with Gasteiger partial charge in [-0.3, -0.25) is 4.79 Å². The number of ether oxygens (including phenoxy) is 1. The third-order valence-electron chi connectivity index (χ3n) is 3.93. The molecule has 3 rings (SSSR count). The van der Waals surface area contributed by atoms with Crippen LogP contribution in [0.2, 0.25) is 0 Å². The summed E-state index contributed by atoms with van der Waals surface area (Å²) in [5.74, 6) is 0.995. The quantitative estimate of drug-likeness (QED) is 0.642. The van der Waals surface area contributed by atoms with Crippen molar-refractivity contribution in [1.29, 1.82) is 0 Å². The topological polar surface area (TPSA) is 50.7 Å². The van der Waals surface area contributed by atoms with Crippen LogP contribution in [-0.4, -0.2) is 19.2 Å². The van der Waals surface area contributed by atoms with Gasteiger partial charge in [0.1, 0.15) is 5.75 Å². The molecule has 0 aliphatic heterocycles. The first-order valence-corrected chi connectivity index (χ1v) is 8.19. The lowest BCUT2D eigenvalue weighted by Crippen LogP contribution is -2.20. The Kier molecular flexibility index (Phi) is 4.76. The maximum Gasteiger partial charge on any atom is 0.243 e. The molecule has 0 saturated heterocycles. The highest BCUT2D eigenvalue weighted by molar-refractivity contribution is 9.10. The highest BCUT2D eigenvalue weighted by Crippen LogP contribution is 2.47. The second-order valence-corrected chi connectivity index (χ2v) is 6.40. The molecule has 4 nitrogen and oxygen atoms in total. The van der Waals surface area contributed by atoms with Crippen LogP contribution in [0.25, 0.3) is 0 Å². The Morgan fingerprint density at radius 2 is 2.09 bits per heavy atom. The number of halogens is 1. The van der Waals surface area contributed by atoms with Crippen LogP contribution in [0, 0.1) is 5.92 Å². The molecular formula is C18H17BrN2O2. The number of hydrazone groups is 1. The van der Waals surface area contributed by atoms with Crippen molar-refractivity contribution in [1.82, 2.24) is 5.43 Å². The minimum absolute atomic E-state index is 0.0129. The van der Waals surface area contributed by atoms with Crippen LogP contribution in [0.3, 0.4) is 0 Å². The van der Waals surface area contributed by atoms with Gasteiger partial charge in [-0.25, -0.2) is 5.43 Å². The van der Waals surface area contributed by atoms with E-state index < -0.39 is 0 Å². The molecule has 0 radical (unpaired) electrons. The predicted molar refractivity (Wildman–Crippen MR) is 93.7 cm³/mol.